The largest absolute Gasteiger partial charge is 0.494 e. The second-order valence-corrected chi connectivity index (χ2v) is 8.35. The molecule has 0 radical (unpaired) electrons. The molecule has 1 heterocycles. The topological polar surface area (TPSA) is 45.1 Å². The average Bonchev–Trinajstić information content (AvgIpc) is 3.11. The highest BCUT2D eigenvalue weighted by Gasteiger charge is 2.33. The predicted octanol–water partition coefficient (Wildman–Crippen LogP) is 5.75. The molecule has 162 valence electrons. The summed E-state index contributed by atoms with van der Waals surface area (Å²) >= 11 is 3.60. The van der Waals surface area contributed by atoms with E-state index in [0.717, 1.165) is 32.7 Å². The summed E-state index contributed by atoms with van der Waals surface area (Å²) in [6.07, 6.45) is 1.83. The number of rotatable bonds is 6. The lowest BCUT2D eigenvalue weighted by molar-refractivity contribution is -0.113. The number of ether oxygens (including phenoxy) is 1. The van der Waals surface area contributed by atoms with Crippen LogP contribution in [0.5, 0.6) is 5.75 Å². The van der Waals surface area contributed by atoms with E-state index >= 15 is 0 Å². The monoisotopic (exact) mass is 489 g/mol. The fourth-order valence-electron chi connectivity index (χ4n) is 3.46. The van der Waals surface area contributed by atoms with Crippen molar-refractivity contribution in [3.8, 4) is 5.75 Å². The number of nitrogens with zero attached hydrogens (tertiary/aromatic N) is 3. The van der Waals surface area contributed by atoms with E-state index in [-0.39, 0.29) is 5.91 Å². The second kappa shape index (κ2) is 9.40. The number of anilines is 2. The van der Waals surface area contributed by atoms with E-state index in [0.29, 0.717) is 18.1 Å². The Morgan fingerprint density at radius 3 is 2.31 bits per heavy atom. The fourth-order valence-corrected chi connectivity index (χ4v) is 3.93. The van der Waals surface area contributed by atoms with E-state index < -0.39 is 0 Å². The summed E-state index contributed by atoms with van der Waals surface area (Å²) in [6, 6.07) is 23.3. The van der Waals surface area contributed by atoms with Gasteiger partial charge in [0.25, 0.3) is 5.91 Å². The van der Waals surface area contributed by atoms with Gasteiger partial charge in [-0.1, -0.05) is 46.3 Å². The van der Waals surface area contributed by atoms with Gasteiger partial charge in [-0.15, -0.1) is 0 Å². The number of benzene rings is 3. The normalized spacial score (nSPS) is 14.6. The van der Waals surface area contributed by atoms with Crippen LogP contribution in [0.25, 0.3) is 6.08 Å². The average molecular weight is 490 g/mol. The molecule has 6 heteroatoms. The summed E-state index contributed by atoms with van der Waals surface area (Å²) < 4.78 is 6.43. The van der Waals surface area contributed by atoms with Gasteiger partial charge < -0.3 is 9.64 Å². The quantitative estimate of drug-likeness (QED) is 0.414. The third-order valence-corrected chi connectivity index (χ3v) is 5.79. The van der Waals surface area contributed by atoms with Gasteiger partial charge in [0.1, 0.15) is 17.3 Å². The lowest BCUT2D eigenvalue weighted by Crippen LogP contribution is -2.32. The summed E-state index contributed by atoms with van der Waals surface area (Å²) in [5, 5.41) is 0. The molecule has 3 aromatic carbocycles. The zero-order valence-corrected chi connectivity index (χ0v) is 19.8. The first kappa shape index (κ1) is 21.8. The molecule has 0 bridgehead atoms. The highest BCUT2D eigenvalue weighted by Crippen LogP contribution is 2.31. The van der Waals surface area contributed by atoms with Crippen molar-refractivity contribution in [1.29, 1.82) is 0 Å². The number of carbonyl (C=O) groups is 1. The summed E-state index contributed by atoms with van der Waals surface area (Å²) in [5.74, 6) is 1.18. The van der Waals surface area contributed by atoms with Crippen LogP contribution in [-0.2, 0) is 4.79 Å². The molecule has 5 nitrogen and oxygen atoms in total. The molecule has 3 aromatic rings. The SMILES string of the molecule is CCOc1ccc(N2C(=O)/C(=C\c3ccc(N(C)C)cc3)N=C2c2ccccc2Br)cc1. The van der Waals surface area contributed by atoms with Crippen molar-refractivity contribution < 1.29 is 9.53 Å². The van der Waals surface area contributed by atoms with Gasteiger partial charge in [0, 0.05) is 29.8 Å². The van der Waals surface area contributed by atoms with Crippen molar-refractivity contribution in [2.75, 3.05) is 30.5 Å². The van der Waals surface area contributed by atoms with Crippen LogP contribution in [0, 0.1) is 0 Å². The number of aliphatic imine (C=N–C) groups is 1. The van der Waals surface area contributed by atoms with Crippen LogP contribution in [0.1, 0.15) is 18.1 Å². The van der Waals surface area contributed by atoms with Gasteiger partial charge in [-0.25, -0.2) is 4.99 Å². The first-order chi connectivity index (χ1) is 15.5. The molecule has 0 saturated carbocycles. The number of amides is 1. The van der Waals surface area contributed by atoms with Crippen LogP contribution in [0.3, 0.4) is 0 Å². The van der Waals surface area contributed by atoms with E-state index in [4.69, 9.17) is 9.73 Å². The van der Waals surface area contributed by atoms with E-state index in [1.54, 1.807) is 4.90 Å². The number of amidine groups is 1. The van der Waals surface area contributed by atoms with Crippen molar-refractivity contribution in [2.45, 2.75) is 6.92 Å². The van der Waals surface area contributed by atoms with Crippen molar-refractivity contribution in [3.63, 3.8) is 0 Å². The highest BCUT2D eigenvalue weighted by atomic mass is 79.9. The first-order valence-corrected chi connectivity index (χ1v) is 11.2. The predicted molar refractivity (Wildman–Crippen MR) is 135 cm³/mol. The molecule has 0 aliphatic carbocycles. The smallest absolute Gasteiger partial charge is 0.282 e. The maximum absolute atomic E-state index is 13.5. The summed E-state index contributed by atoms with van der Waals surface area (Å²) in [6.45, 7) is 2.53. The lowest BCUT2D eigenvalue weighted by atomic mass is 10.1. The minimum atomic E-state index is -0.170. The molecule has 0 N–H and O–H groups in total. The molecule has 32 heavy (non-hydrogen) atoms. The third kappa shape index (κ3) is 4.46. The van der Waals surface area contributed by atoms with Crippen LogP contribution >= 0.6 is 15.9 Å². The zero-order valence-electron chi connectivity index (χ0n) is 18.2. The number of halogens is 1. The van der Waals surface area contributed by atoms with Gasteiger partial charge in [0.15, 0.2) is 0 Å². The molecule has 0 spiro atoms. The van der Waals surface area contributed by atoms with Crippen molar-refractivity contribution >= 4 is 45.1 Å². The Balaban J connectivity index is 1.76. The molecule has 1 aliphatic heterocycles. The van der Waals surface area contributed by atoms with Gasteiger partial charge in [-0.2, -0.15) is 0 Å². The van der Waals surface area contributed by atoms with Crippen LogP contribution < -0.4 is 14.5 Å². The van der Waals surface area contributed by atoms with Crippen molar-refractivity contribution in [1.82, 2.24) is 0 Å². The molecular weight excluding hydrogens is 466 g/mol. The second-order valence-electron chi connectivity index (χ2n) is 7.50. The Hall–Kier alpha value is -3.38. The van der Waals surface area contributed by atoms with Gasteiger partial charge in [0.05, 0.1) is 12.3 Å². The first-order valence-electron chi connectivity index (χ1n) is 10.4. The van der Waals surface area contributed by atoms with E-state index in [9.17, 15) is 4.79 Å². The molecule has 0 saturated heterocycles. The van der Waals surface area contributed by atoms with E-state index in [1.807, 2.05) is 105 Å². The Labute approximate surface area is 196 Å². The summed E-state index contributed by atoms with van der Waals surface area (Å²) in [7, 11) is 3.99. The molecule has 1 aliphatic rings. The minimum absolute atomic E-state index is 0.170. The Morgan fingerprint density at radius 2 is 1.69 bits per heavy atom. The number of carbonyl (C=O) groups excluding carboxylic acids is 1. The van der Waals surface area contributed by atoms with Gasteiger partial charge in [0.2, 0.25) is 0 Å². The molecule has 4 rings (SSSR count). The molecule has 0 atom stereocenters. The van der Waals surface area contributed by atoms with Crippen LogP contribution in [0.2, 0.25) is 0 Å². The standard InChI is InChI=1S/C26H24BrN3O2/c1-4-32-21-15-13-20(14-16-21)30-25(22-7-5-6-8-23(22)27)28-24(26(30)31)17-18-9-11-19(12-10-18)29(2)3/h5-17H,4H2,1-3H3/b24-17+. The Kier molecular flexibility index (Phi) is 6.42. The van der Waals surface area contributed by atoms with Crippen LogP contribution in [0.15, 0.2) is 88.0 Å². The van der Waals surface area contributed by atoms with Gasteiger partial charge in [-0.05, 0) is 61.0 Å². The molecular formula is C26H24BrN3O2. The molecule has 1 amide bonds. The highest BCUT2D eigenvalue weighted by molar-refractivity contribution is 9.10. The lowest BCUT2D eigenvalue weighted by Gasteiger charge is -2.19. The Morgan fingerprint density at radius 1 is 1.00 bits per heavy atom. The molecule has 0 aromatic heterocycles. The summed E-state index contributed by atoms with van der Waals surface area (Å²) in [5.41, 5.74) is 3.99. The van der Waals surface area contributed by atoms with Crippen LogP contribution in [0.4, 0.5) is 11.4 Å². The number of hydrogen-bond donors (Lipinski definition) is 0. The third-order valence-electron chi connectivity index (χ3n) is 5.09. The Bertz CT molecular complexity index is 1180. The van der Waals surface area contributed by atoms with Crippen molar-refractivity contribution in [3.05, 3.63) is 94.1 Å². The molecule has 0 unspecified atom stereocenters. The van der Waals surface area contributed by atoms with Gasteiger partial charge in [-0.3, -0.25) is 9.69 Å². The van der Waals surface area contributed by atoms with Crippen LogP contribution in [-0.4, -0.2) is 32.4 Å². The molecule has 0 fully saturated rings. The maximum atomic E-state index is 13.5. The summed E-state index contributed by atoms with van der Waals surface area (Å²) in [4.78, 5) is 21.9. The minimum Gasteiger partial charge on any atom is -0.494 e. The van der Waals surface area contributed by atoms with E-state index in [2.05, 4.69) is 15.9 Å². The zero-order chi connectivity index (χ0) is 22.7. The fraction of sp³-hybridized carbons (Fsp3) is 0.154. The van der Waals surface area contributed by atoms with Gasteiger partial charge >= 0.3 is 0 Å². The van der Waals surface area contributed by atoms with Crippen molar-refractivity contribution in [2.24, 2.45) is 4.99 Å². The maximum Gasteiger partial charge on any atom is 0.282 e. The van der Waals surface area contributed by atoms with E-state index in [1.165, 1.54) is 0 Å². The number of hydrogen-bond acceptors (Lipinski definition) is 4.